The first kappa shape index (κ1) is 15.7. The molecule has 0 radical (unpaired) electrons. The smallest absolute Gasteiger partial charge is 0.0897 e. The Kier molecular flexibility index (Phi) is 5.92. The molecule has 1 aromatic heterocycles. The largest absolute Gasteiger partial charge is 0.389 e. The van der Waals surface area contributed by atoms with Crippen molar-refractivity contribution in [1.82, 2.24) is 15.1 Å². The Morgan fingerprint density at radius 2 is 2.14 bits per heavy atom. The van der Waals surface area contributed by atoms with Gasteiger partial charge in [-0.25, -0.2) is 4.68 Å². The van der Waals surface area contributed by atoms with Crippen molar-refractivity contribution >= 4 is 0 Å². The minimum Gasteiger partial charge on any atom is -0.389 e. The molecule has 0 fully saturated rings. The molecule has 2 aromatic rings. The number of hydrogen-bond donors (Lipinski definition) is 2. The first-order valence-corrected chi connectivity index (χ1v) is 7.30. The van der Waals surface area contributed by atoms with E-state index in [1.54, 1.807) is 6.20 Å². The Labute approximate surface area is 125 Å². The minimum atomic E-state index is -0.496. The Hall–Kier alpha value is -1.69. The zero-order valence-corrected chi connectivity index (χ0v) is 12.6. The van der Waals surface area contributed by atoms with Crippen molar-refractivity contribution in [3.05, 3.63) is 48.3 Å². The third-order valence-corrected chi connectivity index (χ3v) is 3.33. The van der Waals surface area contributed by atoms with Gasteiger partial charge in [-0.3, -0.25) is 0 Å². The number of aliphatic hydroxyl groups is 1. The molecule has 0 aliphatic heterocycles. The predicted molar refractivity (Wildman–Crippen MR) is 82.5 cm³/mol. The van der Waals surface area contributed by atoms with Crippen LogP contribution in [0.3, 0.4) is 0 Å². The highest BCUT2D eigenvalue weighted by Gasteiger charge is 2.13. The van der Waals surface area contributed by atoms with Crippen LogP contribution >= 0.6 is 0 Å². The normalized spacial score (nSPS) is 14.0. The number of para-hydroxylation sites is 1. The van der Waals surface area contributed by atoms with E-state index < -0.39 is 6.10 Å². The maximum atomic E-state index is 9.82. The molecule has 21 heavy (non-hydrogen) atoms. The van der Waals surface area contributed by atoms with Gasteiger partial charge in [0.1, 0.15) is 0 Å². The summed E-state index contributed by atoms with van der Waals surface area (Å²) in [4.78, 5) is 0. The first-order chi connectivity index (χ1) is 10.2. The average Bonchev–Trinajstić information content (AvgIpc) is 3.04. The molecule has 2 unspecified atom stereocenters. The molecule has 1 aromatic carbocycles. The summed E-state index contributed by atoms with van der Waals surface area (Å²) in [5.41, 5.74) is 2.19. The highest BCUT2D eigenvalue weighted by Crippen LogP contribution is 2.20. The van der Waals surface area contributed by atoms with Crippen LogP contribution in [0.5, 0.6) is 0 Å². The summed E-state index contributed by atoms with van der Waals surface area (Å²) in [7, 11) is 0. The van der Waals surface area contributed by atoms with Crippen molar-refractivity contribution in [3.63, 3.8) is 0 Å². The van der Waals surface area contributed by atoms with E-state index >= 15 is 0 Å². The maximum Gasteiger partial charge on any atom is 0.0897 e. The number of ether oxygens (including phenoxy) is 1. The van der Waals surface area contributed by atoms with Gasteiger partial charge in [0.25, 0.3) is 0 Å². The molecule has 0 aliphatic carbocycles. The number of hydrogen-bond acceptors (Lipinski definition) is 4. The zero-order valence-electron chi connectivity index (χ0n) is 12.6. The van der Waals surface area contributed by atoms with E-state index in [0.29, 0.717) is 19.8 Å². The van der Waals surface area contributed by atoms with Crippen molar-refractivity contribution in [2.75, 3.05) is 19.8 Å². The molecule has 2 rings (SSSR count). The number of nitrogens with zero attached hydrogens (tertiary/aromatic N) is 2. The zero-order chi connectivity index (χ0) is 15.1. The van der Waals surface area contributed by atoms with Crippen LogP contribution in [-0.2, 0) is 4.74 Å². The Balaban J connectivity index is 2.01. The van der Waals surface area contributed by atoms with Gasteiger partial charge in [-0.05, 0) is 31.5 Å². The minimum absolute atomic E-state index is 0.113. The van der Waals surface area contributed by atoms with Gasteiger partial charge in [-0.1, -0.05) is 18.2 Å². The lowest BCUT2D eigenvalue weighted by atomic mass is 10.1. The second-order valence-corrected chi connectivity index (χ2v) is 4.95. The SMILES string of the molecule is CCOCC(O)CNC(C)c1ccccc1-n1cccn1. The average molecular weight is 289 g/mol. The summed E-state index contributed by atoms with van der Waals surface area (Å²) >= 11 is 0. The molecular weight excluding hydrogens is 266 g/mol. The van der Waals surface area contributed by atoms with Gasteiger partial charge < -0.3 is 15.2 Å². The third-order valence-electron chi connectivity index (χ3n) is 3.33. The van der Waals surface area contributed by atoms with E-state index in [2.05, 4.69) is 23.4 Å². The molecule has 2 N–H and O–H groups in total. The van der Waals surface area contributed by atoms with Crippen molar-refractivity contribution in [2.24, 2.45) is 0 Å². The lowest BCUT2D eigenvalue weighted by molar-refractivity contribution is 0.0416. The fourth-order valence-electron chi connectivity index (χ4n) is 2.21. The van der Waals surface area contributed by atoms with Gasteiger partial charge >= 0.3 is 0 Å². The molecule has 0 spiro atoms. The number of benzene rings is 1. The van der Waals surface area contributed by atoms with Crippen LogP contribution < -0.4 is 5.32 Å². The van der Waals surface area contributed by atoms with Crippen LogP contribution in [0.1, 0.15) is 25.5 Å². The fraction of sp³-hybridized carbons (Fsp3) is 0.438. The molecule has 114 valence electrons. The number of nitrogens with one attached hydrogen (secondary N) is 1. The molecule has 5 heteroatoms. The summed E-state index contributed by atoms with van der Waals surface area (Å²) in [6, 6.07) is 10.1. The van der Waals surface area contributed by atoms with Crippen molar-refractivity contribution in [2.45, 2.75) is 26.0 Å². The van der Waals surface area contributed by atoms with Crippen LogP contribution in [-0.4, -0.2) is 40.7 Å². The summed E-state index contributed by atoms with van der Waals surface area (Å²) in [6.07, 6.45) is 3.19. The lowest BCUT2D eigenvalue weighted by Crippen LogP contribution is -2.32. The van der Waals surface area contributed by atoms with E-state index in [-0.39, 0.29) is 6.04 Å². The third kappa shape index (κ3) is 4.39. The Morgan fingerprint density at radius 3 is 2.86 bits per heavy atom. The molecule has 0 aliphatic rings. The lowest BCUT2D eigenvalue weighted by Gasteiger charge is -2.20. The Morgan fingerprint density at radius 1 is 1.33 bits per heavy atom. The maximum absolute atomic E-state index is 9.82. The molecule has 0 saturated heterocycles. The van der Waals surface area contributed by atoms with Crippen molar-refractivity contribution in [3.8, 4) is 5.69 Å². The topological polar surface area (TPSA) is 59.3 Å². The quantitative estimate of drug-likeness (QED) is 0.779. The highest BCUT2D eigenvalue weighted by molar-refractivity contribution is 5.42. The number of aromatic nitrogens is 2. The van der Waals surface area contributed by atoms with Gasteiger partial charge in [0, 0.05) is 31.6 Å². The second-order valence-electron chi connectivity index (χ2n) is 4.95. The first-order valence-electron chi connectivity index (χ1n) is 7.30. The Bertz CT molecular complexity index is 528. The summed E-state index contributed by atoms with van der Waals surface area (Å²) in [5.74, 6) is 0. The van der Waals surface area contributed by atoms with E-state index in [9.17, 15) is 5.11 Å². The highest BCUT2D eigenvalue weighted by atomic mass is 16.5. The summed E-state index contributed by atoms with van der Waals surface area (Å²) < 4.78 is 7.06. The number of aliphatic hydroxyl groups excluding tert-OH is 1. The van der Waals surface area contributed by atoms with E-state index in [1.807, 2.05) is 42.1 Å². The molecular formula is C16H23N3O2. The van der Waals surface area contributed by atoms with E-state index in [1.165, 1.54) is 0 Å². The van der Waals surface area contributed by atoms with Crippen LogP contribution in [0.4, 0.5) is 0 Å². The predicted octanol–water partition coefficient (Wildman–Crippen LogP) is 1.92. The van der Waals surface area contributed by atoms with Gasteiger partial charge in [0.15, 0.2) is 0 Å². The number of rotatable bonds is 8. The van der Waals surface area contributed by atoms with Gasteiger partial charge in [0.05, 0.1) is 18.4 Å². The van der Waals surface area contributed by atoms with Crippen molar-refractivity contribution < 1.29 is 9.84 Å². The summed E-state index contributed by atoms with van der Waals surface area (Å²) in [5, 5.41) is 17.4. The molecule has 0 amide bonds. The molecule has 2 atom stereocenters. The second kappa shape index (κ2) is 7.93. The molecule has 0 bridgehead atoms. The van der Waals surface area contributed by atoms with Crippen LogP contribution in [0.25, 0.3) is 5.69 Å². The van der Waals surface area contributed by atoms with Gasteiger partial charge in [0.2, 0.25) is 0 Å². The van der Waals surface area contributed by atoms with E-state index in [4.69, 9.17) is 4.74 Å². The van der Waals surface area contributed by atoms with Crippen molar-refractivity contribution in [1.29, 1.82) is 0 Å². The van der Waals surface area contributed by atoms with Crippen LogP contribution in [0, 0.1) is 0 Å². The summed E-state index contributed by atoms with van der Waals surface area (Å²) in [6.45, 7) is 5.47. The van der Waals surface area contributed by atoms with Crippen LogP contribution in [0.2, 0.25) is 0 Å². The standard InChI is InChI=1S/C16H23N3O2/c1-3-21-12-14(20)11-17-13(2)15-7-4-5-8-16(15)19-10-6-9-18-19/h4-10,13-14,17,20H,3,11-12H2,1-2H3. The van der Waals surface area contributed by atoms with E-state index in [0.717, 1.165) is 11.3 Å². The van der Waals surface area contributed by atoms with Gasteiger partial charge in [-0.2, -0.15) is 5.10 Å². The fourth-order valence-corrected chi connectivity index (χ4v) is 2.21. The van der Waals surface area contributed by atoms with Gasteiger partial charge in [-0.15, -0.1) is 0 Å². The molecule has 0 saturated carbocycles. The van der Waals surface area contributed by atoms with Crippen LogP contribution in [0.15, 0.2) is 42.7 Å². The molecule has 1 heterocycles. The monoisotopic (exact) mass is 289 g/mol. The molecule has 5 nitrogen and oxygen atoms in total.